The fourth-order valence-electron chi connectivity index (χ4n) is 2.82. The fraction of sp³-hybridized carbons (Fsp3) is 0.333. The maximum atomic E-state index is 12.7. The lowest BCUT2D eigenvalue weighted by Gasteiger charge is -2.12. The zero-order valence-corrected chi connectivity index (χ0v) is 12.8. The van der Waals surface area contributed by atoms with E-state index >= 15 is 0 Å². The topological polar surface area (TPSA) is 48.0 Å². The van der Waals surface area contributed by atoms with Crippen LogP contribution in [0.4, 0.5) is 0 Å². The van der Waals surface area contributed by atoms with Crippen LogP contribution in [0.1, 0.15) is 30.3 Å². The van der Waals surface area contributed by atoms with Crippen molar-refractivity contribution in [3.05, 3.63) is 38.4 Å². The van der Waals surface area contributed by atoms with Crippen molar-refractivity contribution in [1.82, 2.24) is 9.55 Å². The third kappa shape index (κ3) is 1.53. The van der Waals surface area contributed by atoms with E-state index in [0.29, 0.717) is 23.0 Å². The maximum Gasteiger partial charge on any atom is 0.281 e. The van der Waals surface area contributed by atoms with Gasteiger partial charge in [0.15, 0.2) is 17.0 Å². The molecule has 0 bridgehead atoms. The second-order valence-corrected chi connectivity index (χ2v) is 6.24. The molecule has 5 heteroatoms. The first kappa shape index (κ1) is 12.1. The van der Waals surface area contributed by atoms with Crippen LogP contribution in [-0.4, -0.2) is 9.55 Å². The summed E-state index contributed by atoms with van der Waals surface area (Å²) in [7, 11) is 0. The number of oxazole rings is 1. The number of rotatable bonds is 1. The number of halogens is 1. The van der Waals surface area contributed by atoms with Gasteiger partial charge < -0.3 is 8.98 Å². The molecule has 0 aliphatic heterocycles. The predicted octanol–water partition coefficient (Wildman–Crippen LogP) is 3.86. The van der Waals surface area contributed by atoms with Gasteiger partial charge in [-0.2, -0.15) is 0 Å². The summed E-state index contributed by atoms with van der Waals surface area (Å²) in [5.41, 5.74) is 3.06. The van der Waals surface area contributed by atoms with Gasteiger partial charge in [0.2, 0.25) is 0 Å². The van der Waals surface area contributed by atoms with Crippen LogP contribution in [0.5, 0.6) is 0 Å². The molecule has 0 unspecified atom stereocenters. The first-order valence-electron chi connectivity index (χ1n) is 6.68. The highest BCUT2D eigenvalue weighted by atomic mass is 79.9. The van der Waals surface area contributed by atoms with E-state index in [0.717, 1.165) is 33.8 Å². The van der Waals surface area contributed by atoms with Crippen LogP contribution in [0.15, 0.2) is 25.8 Å². The number of benzene rings is 1. The molecule has 1 fully saturated rings. The van der Waals surface area contributed by atoms with Crippen LogP contribution in [0.3, 0.4) is 0 Å². The second-order valence-electron chi connectivity index (χ2n) is 5.39. The molecule has 3 aromatic rings. The molecule has 1 aliphatic carbocycles. The third-order valence-electron chi connectivity index (χ3n) is 3.92. The van der Waals surface area contributed by atoms with Gasteiger partial charge in [-0.05, 0) is 37.5 Å². The molecule has 1 saturated carbocycles. The van der Waals surface area contributed by atoms with E-state index in [1.165, 1.54) is 0 Å². The summed E-state index contributed by atoms with van der Waals surface area (Å²) < 4.78 is 8.58. The predicted molar refractivity (Wildman–Crippen MR) is 81.2 cm³/mol. The molecule has 0 N–H and O–H groups in total. The van der Waals surface area contributed by atoms with Gasteiger partial charge in [-0.25, -0.2) is 4.98 Å². The summed E-state index contributed by atoms with van der Waals surface area (Å²) in [6, 6.07) is 4.30. The SMILES string of the molecule is Cc1nc2c(=O)n(C3CC3)c3c(C)c(Br)ccc3c2o1. The Morgan fingerprint density at radius 1 is 1.35 bits per heavy atom. The van der Waals surface area contributed by atoms with Gasteiger partial charge in [-0.15, -0.1) is 0 Å². The Morgan fingerprint density at radius 2 is 2.10 bits per heavy atom. The van der Waals surface area contributed by atoms with Crippen molar-refractivity contribution in [3.8, 4) is 0 Å². The Bertz CT molecular complexity index is 919. The molecule has 4 rings (SSSR count). The molecule has 1 aliphatic rings. The first-order valence-corrected chi connectivity index (χ1v) is 7.47. The lowest BCUT2D eigenvalue weighted by Crippen LogP contribution is -2.20. The summed E-state index contributed by atoms with van der Waals surface area (Å²) in [4.78, 5) is 17.0. The first-order chi connectivity index (χ1) is 9.58. The van der Waals surface area contributed by atoms with E-state index < -0.39 is 0 Å². The van der Waals surface area contributed by atoms with Crippen molar-refractivity contribution in [3.63, 3.8) is 0 Å². The maximum absolute atomic E-state index is 12.7. The lowest BCUT2D eigenvalue weighted by atomic mass is 10.1. The highest BCUT2D eigenvalue weighted by molar-refractivity contribution is 9.10. The van der Waals surface area contributed by atoms with Crippen LogP contribution in [-0.2, 0) is 0 Å². The molecule has 102 valence electrons. The van der Waals surface area contributed by atoms with E-state index in [1.807, 2.05) is 23.6 Å². The van der Waals surface area contributed by atoms with E-state index in [9.17, 15) is 4.79 Å². The molecule has 20 heavy (non-hydrogen) atoms. The van der Waals surface area contributed by atoms with Crippen molar-refractivity contribution >= 4 is 37.9 Å². The van der Waals surface area contributed by atoms with Crippen LogP contribution < -0.4 is 5.56 Å². The number of hydrogen-bond acceptors (Lipinski definition) is 3. The van der Waals surface area contributed by atoms with Gasteiger partial charge in [0.05, 0.1) is 5.52 Å². The normalized spacial score (nSPS) is 15.3. The molecule has 4 nitrogen and oxygen atoms in total. The molecular weight excluding hydrogens is 320 g/mol. The molecule has 0 saturated heterocycles. The average Bonchev–Trinajstić information content (AvgIpc) is 3.16. The summed E-state index contributed by atoms with van der Waals surface area (Å²) in [5.74, 6) is 0.535. The number of hydrogen-bond donors (Lipinski definition) is 0. The number of aromatic nitrogens is 2. The van der Waals surface area contributed by atoms with Crippen molar-refractivity contribution in [2.45, 2.75) is 32.7 Å². The monoisotopic (exact) mass is 332 g/mol. The van der Waals surface area contributed by atoms with Crippen molar-refractivity contribution in [2.75, 3.05) is 0 Å². The molecule has 2 heterocycles. The molecule has 0 radical (unpaired) electrons. The van der Waals surface area contributed by atoms with E-state index in [1.54, 1.807) is 6.92 Å². The van der Waals surface area contributed by atoms with Crippen LogP contribution in [0.2, 0.25) is 0 Å². The zero-order valence-electron chi connectivity index (χ0n) is 11.2. The van der Waals surface area contributed by atoms with Gasteiger partial charge in [0.1, 0.15) is 0 Å². The Balaban J connectivity index is 2.33. The molecule has 0 atom stereocenters. The molecule has 0 spiro atoms. The van der Waals surface area contributed by atoms with Gasteiger partial charge in [-0.3, -0.25) is 4.79 Å². The quantitative estimate of drug-likeness (QED) is 0.679. The number of aryl methyl sites for hydroxylation is 2. The Hall–Kier alpha value is -1.62. The van der Waals surface area contributed by atoms with Gasteiger partial charge in [0, 0.05) is 22.8 Å². The van der Waals surface area contributed by atoms with Crippen molar-refractivity contribution in [1.29, 1.82) is 0 Å². The van der Waals surface area contributed by atoms with Crippen molar-refractivity contribution in [2.24, 2.45) is 0 Å². The molecule has 2 aromatic heterocycles. The molecule has 1 aromatic carbocycles. The third-order valence-corrected chi connectivity index (χ3v) is 4.78. The second kappa shape index (κ2) is 3.95. The highest BCUT2D eigenvalue weighted by Crippen LogP contribution is 2.39. The Kier molecular flexibility index (Phi) is 2.40. The summed E-state index contributed by atoms with van der Waals surface area (Å²) in [6.45, 7) is 3.80. The smallest absolute Gasteiger partial charge is 0.281 e. The van der Waals surface area contributed by atoms with Crippen LogP contribution in [0.25, 0.3) is 22.0 Å². The Labute approximate surface area is 123 Å². The lowest BCUT2D eigenvalue weighted by molar-refractivity contribution is 0.563. The van der Waals surface area contributed by atoms with Crippen molar-refractivity contribution < 1.29 is 4.42 Å². The minimum atomic E-state index is -0.0342. The number of nitrogens with zero attached hydrogens (tertiary/aromatic N) is 2. The zero-order chi connectivity index (χ0) is 14.0. The van der Waals surface area contributed by atoms with Gasteiger partial charge in [-0.1, -0.05) is 15.9 Å². The largest absolute Gasteiger partial charge is 0.440 e. The highest BCUT2D eigenvalue weighted by Gasteiger charge is 2.29. The fourth-order valence-corrected chi connectivity index (χ4v) is 3.14. The Morgan fingerprint density at radius 3 is 2.80 bits per heavy atom. The summed E-state index contributed by atoms with van der Waals surface area (Å²) >= 11 is 3.55. The molecular formula is C15H13BrN2O2. The standard InChI is InChI=1S/C15H13BrN2O2/c1-7-11(16)6-5-10-13(7)18(9-3-4-9)15(19)12-14(10)20-8(2)17-12/h5-6,9H,3-4H2,1-2H3. The van der Waals surface area contributed by atoms with Gasteiger partial charge in [0.25, 0.3) is 5.56 Å². The van der Waals surface area contributed by atoms with E-state index in [-0.39, 0.29) is 5.56 Å². The van der Waals surface area contributed by atoms with E-state index in [2.05, 4.69) is 20.9 Å². The molecule has 0 amide bonds. The van der Waals surface area contributed by atoms with E-state index in [4.69, 9.17) is 4.42 Å². The number of fused-ring (bicyclic) bond motifs is 3. The van der Waals surface area contributed by atoms with Gasteiger partial charge >= 0.3 is 0 Å². The minimum absolute atomic E-state index is 0.0342. The number of pyridine rings is 1. The van der Waals surface area contributed by atoms with Crippen LogP contribution >= 0.6 is 15.9 Å². The summed E-state index contributed by atoms with van der Waals surface area (Å²) in [5, 5.41) is 0.966. The average molecular weight is 333 g/mol. The minimum Gasteiger partial charge on any atom is -0.440 e. The summed E-state index contributed by atoms with van der Waals surface area (Å²) in [6.07, 6.45) is 2.12. The van der Waals surface area contributed by atoms with Crippen LogP contribution in [0, 0.1) is 13.8 Å².